The number of hydrogen-bond donors (Lipinski definition) is 3. The van der Waals surface area contributed by atoms with Crippen molar-refractivity contribution >= 4 is 18.0 Å². The van der Waals surface area contributed by atoms with Gasteiger partial charge in [-0.25, -0.2) is 4.79 Å². The Balaban J connectivity index is 1.35. The number of alkyl carbamates (subject to hydrolysis) is 1. The van der Waals surface area contributed by atoms with Gasteiger partial charge in [0.25, 0.3) is 0 Å². The van der Waals surface area contributed by atoms with Crippen molar-refractivity contribution in [3.8, 4) is 11.1 Å². The Morgan fingerprint density at radius 2 is 1.62 bits per heavy atom. The van der Waals surface area contributed by atoms with Gasteiger partial charge in [0.2, 0.25) is 5.91 Å². The molecule has 0 saturated heterocycles. The van der Waals surface area contributed by atoms with Gasteiger partial charge >= 0.3 is 12.1 Å². The van der Waals surface area contributed by atoms with Crippen LogP contribution in [0.1, 0.15) is 62.5 Å². The van der Waals surface area contributed by atoms with Gasteiger partial charge in [0, 0.05) is 12.0 Å². The first-order valence-electron chi connectivity index (χ1n) is 12.1. The summed E-state index contributed by atoms with van der Waals surface area (Å²) in [6.07, 6.45) is 3.29. The highest BCUT2D eigenvalue weighted by molar-refractivity contribution is 5.86. The van der Waals surface area contributed by atoms with E-state index < -0.39 is 18.1 Å². The molecule has 4 rings (SSSR count). The van der Waals surface area contributed by atoms with E-state index in [1.807, 2.05) is 31.2 Å². The number of benzene rings is 2. The topological polar surface area (TPSA) is 105 Å². The van der Waals surface area contributed by atoms with Crippen molar-refractivity contribution < 1.29 is 24.2 Å². The van der Waals surface area contributed by atoms with Crippen molar-refractivity contribution in [2.45, 2.75) is 63.5 Å². The van der Waals surface area contributed by atoms with Crippen LogP contribution in [0.4, 0.5) is 4.79 Å². The van der Waals surface area contributed by atoms with Crippen LogP contribution in [-0.2, 0) is 14.3 Å². The third-order valence-corrected chi connectivity index (χ3v) is 7.03. The van der Waals surface area contributed by atoms with Gasteiger partial charge in [-0.05, 0) is 47.4 Å². The molecule has 2 aromatic carbocycles. The second-order valence-corrected chi connectivity index (χ2v) is 9.19. The number of ether oxygens (including phenoxy) is 1. The number of carbonyl (C=O) groups is 3. The summed E-state index contributed by atoms with van der Waals surface area (Å²) >= 11 is 0. The lowest BCUT2D eigenvalue weighted by Gasteiger charge is -2.32. The van der Waals surface area contributed by atoms with Crippen LogP contribution >= 0.6 is 0 Å². The molecular weight excluding hydrogens is 432 g/mol. The molecule has 2 amide bonds. The zero-order valence-corrected chi connectivity index (χ0v) is 19.5. The minimum Gasteiger partial charge on any atom is -0.481 e. The molecule has 0 spiro atoms. The second-order valence-electron chi connectivity index (χ2n) is 9.19. The molecule has 34 heavy (non-hydrogen) atoms. The molecule has 2 aliphatic rings. The zero-order valence-electron chi connectivity index (χ0n) is 19.5. The van der Waals surface area contributed by atoms with E-state index in [-0.39, 0.29) is 36.8 Å². The van der Waals surface area contributed by atoms with Crippen molar-refractivity contribution in [3.05, 3.63) is 59.7 Å². The van der Waals surface area contributed by atoms with Crippen LogP contribution in [0.3, 0.4) is 0 Å². The van der Waals surface area contributed by atoms with Crippen molar-refractivity contribution in [1.29, 1.82) is 0 Å². The molecule has 0 unspecified atom stereocenters. The summed E-state index contributed by atoms with van der Waals surface area (Å²) in [5.74, 6) is -1.28. The number of aliphatic carboxylic acids is 1. The van der Waals surface area contributed by atoms with E-state index in [1.165, 1.54) is 0 Å². The quantitative estimate of drug-likeness (QED) is 0.535. The van der Waals surface area contributed by atoms with E-state index in [0.717, 1.165) is 47.9 Å². The maximum atomic E-state index is 12.9. The van der Waals surface area contributed by atoms with Crippen LogP contribution in [0.2, 0.25) is 0 Å². The van der Waals surface area contributed by atoms with Crippen molar-refractivity contribution in [3.63, 3.8) is 0 Å². The smallest absolute Gasteiger partial charge is 0.407 e. The predicted octanol–water partition coefficient (Wildman–Crippen LogP) is 4.45. The number of rotatable bonds is 8. The van der Waals surface area contributed by atoms with Crippen LogP contribution in [0.5, 0.6) is 0 Å². The van der Waals surface area contributed by atoms with E-state index in [4.69, 9.17) is 4.74 Å². The Bertz CT molecular complexity index is 1010. The van der Waals surface area contributed by atoms with E-state index in [2.05, 4.69) is 34.9 Å². The van der Waals surface area contributed by atoms with Crippen molar-refractivity contribution in [2.75, 3.05) is 6.61 Å². The average Bonchev–Trinajstić information content (AvgIpc) is 3.16. The molecule has 0 aliphatic heterocycles. The Morgan fingerprint density at radius 1 is 1.00 bits per heavy atom. The molecular formula is C27H32N2O5. The number of carboxylic acids is 1. The van der Waals surface area contributed by atoms with Gasteiger partial charge in [-0.3, -0.25) is 9.59 Å². The van der Waals surface area contributed by atoms with Crippen molar-refractivity contribution in [2.24, 2.45) is 5.92 Å². The number of amides is 2. The largest absolute Gasteiger partial charge is 0.481 e. The summed E-state index contributed by atoms with van der Waals surface area (Å²) < 4.78 is 5.58. The molecule has 3 atom stereocenters. The van der Waals surface area contributed by atoms with Gasteiger partial charge < -0.3 is 20.5 Å². The summed E-state index contributed by atoms with van der Waals surface area (Å²) in [6, 6.07) is 15.3. The molecule has 3 N–H and O–H groups in total. The Kier molecular flexibility index (Phi) is 7.50. The zero-order chi connectivity index (χ0) is 24.1. The lowest BCUT2D eigenvalue weighted by molar-refractivity contribution is -0.139. The Morgan fingerprint density at radius 3 is 2.24 bits per heavy atom. The summed E-state index contributed by atoms with van der Waals surface area (Å²) in [6.45, 7) is 2.00. The average molecular weight is 465 g/mol. The summed E-state index contributed by atoms with van der Waals surface area (Å²) in [5.41, 5.74) is 4.56. The third-order valence-electron chi connectivity index (χ3n) is 7.03. The lowest BCUT2D eigenvalue weighted by Crippen LogP contribution is -2.52. The first kappa shape index (κ1) is 23.8. The minimum atomic E-state index is -0.852. The van der Waals surface area contributed by atoms with Gasteiger partial charge in [-0.15, -0.1) is 0 Å². The summed E-state index contributed by atoms with van der Waals surface area (Å²) in [5, 5.41) is 14.9. The van der Waals surface area contributed by atoms with Gasteiger partial charge in [-0.2, -0.15) is 0 Å². The lowest BCUT2D eigenvalue weighted by atomic mass is 9.82. The van der Waals surface area contributed by atoms with Crippen LogP contribution < -0.4 is 10.6 Å². The fourth-order valence-electron chi connectivity index (χ4n) is 5.28. The fourth-order valence-corrected chi connectivity index (χ4v) is 5.28. The molecule has 0 radical (unpaired) electrons. The Labute approximate surface area is 199 Å². The van der Waals surface area contributed by atoms with Gasteiger partial charge in [0.05, 0.1) is 6.42 Å². The van der Waals surface area contributed by atoms with Crippen molar-refractivity contribution in [1.82, 2.24) is 10.6 Å². The second kappa shape index (κ2) is 10.7. The van der Waals surface area contributed by atoms with Gasteiger partial charge in [0.15, 0.2) is 0 Å². The maximum absolute atomic E-state index is 12.9. The first-order valence-corrected chi connectivity index (χ1v) is 12.1. The highest BCUT2D eigenvalue weighted by Crippen LogP contribution is 2.44. The first-order chi connectivity index (χ1) is 16.5. The Hall–Kier alpha value is -3.35. The van der Waals surface area contributed by atoms with Crippen LogP contribution in [0.25, 0.3) is 11.1 Å². The summed E-state index contributed by atoms with van der Waals surface area (Å²) in [4.78, 5) is 36.7. The molecule has 0 heterocycles. The molecule has 2 aromatic rings. The van der Waals surface area contributed by atoms with E-state index in [0.29, 0.717) is 6.42 Å². The van der Waals surface area contributed by atoms with Crippen LogP contribution in [-0.4, -0.2) is 41.8 Å². The molecule has 7 heteroatoms. The fraction of sp³-hybridized carbons (Fsp3) is 0.444. The standard InChI is InChI=1S/C27H32N2O5/c1-2-23(26(32)28-24-14-8-3-9-17(24)15-25(30)31)29-27(33)34-16-22-20-12-6-4-10-18(20)19-11-5-7-13-21(19)22/h4-7,10-13,17,22-24H,2-3,8-9,14-16H2,1H3,(H,28,32)(H,29,33)(H,30,31)/t17-,23-,24-/m1/s1. The monoisotopic (exact) mass is 464 g/mol. The van der Waals surface area contributed by atoms with Crippen LogP contribution in [0.15, 0.2) is 48.5 Å². The van der Waals surface area contributed by atoms with E-state index in [9.17, 15) is 19.5 Å². The molecule has 2 aliphatic carbocycles. The molecule has 180 valence electrons. The highest BCUT2D eigenvalue weighted by atomic mass is 16.5. The number of nitrogens with one attached hydrogen (secondary N) is 2. The van der Waals surface area contributed by atoms with E-state index in [1.54, 1.807) is 0 Å². The SMILES string of the molecule is CC[C@@H](NC(=O)OCC1c2ccccc2-c2ccccc21)C(=O)N[C@@H]1CCCC[C@@H]1CC(=O)O. The van der Waals surface area contributed by atoms with Gasteiger partial charge in [0.1, 0.15) is 12.6 Å². The van der Waals surface area contributed by atoms with Crippen LogP contribution in [0, 0.1) is 5.92 Å². The molecule has 0 aromatic heterocycles. The number of fused-ring (bicyclic) bond motifs is 3. The molecule has 1 saturated carbocycles. The third kappa shape index (κ3) is 5.24. The van der Waals surface area contributed by atoms with E-state index >= 15 is 0 Å². The number of carboxylic acid groups (broad SMARTS) is 1. The highest BCUT2D eigenvalue weighted by Gasteiger charge is 2.32. The molecule has 1 fully saturated rings. The predicted molar refractivity (Wildman–Crippen MR) is 128 cm³/mol. The molecule has 7 nitrogen and oxygen atoms in total. The normalized spacial score (nSPS) is 20.0. The molecule has 0 bridgehead atoms. The minimum absolute atomic E-state index is 0.0432. The summed E-state index contributed by atoms with van der Waals surface area (Å²) in [7, 11) is 0. The van der Waals surface area contributed by atoms with Gasteiger partial charge in [-0.1, -0.05) is 68.3 Å². The maximum Gasteiger partial charge on any atom is 0.407 e. The number of hydrogen-bond acceptors (Lipinski definition) is 4. The number of carbonyl (C=O) groups excluding carboxylic acids is 2.